The van der Waals surface area contributed by atoms with E-state index in [4.69, 9.17) is 4.74 Å². The molecule has 0 amide bonds. The summed E-state index contributed by atoms with van der Waals surface area (Å²) in [5.41, 5.74) is 1.18. The van der Waals surface area contributed by atoms with Crippen LogP contribution in [0.3, 0.4) is 0 Å². The Balaban J connectivity index is 1.60. The average Bonchev–Trinajstić information content (AvgIpc) is 2.94. The number of nitrogens with one attached hydrogen (secondary N) is 1. The maximum absolute atomic E-state index is 9.83. The van der Waals surface area contributed by atoms with Gasteiger partial charge in [0.25, 0.3) is 0 Å². The first-order valence-electron chi connectivity index (χ1n) is 6.48. The first kappa shape index (κ1) is 15.7. The molecule has 0 saturated carbocycles. The van der Waals surface area contributed by atoms with E-state index in [1.165, 1.54) is 10.4 Å². The number of halogens is 1. The van der Waals surface area contributed by atoms with Gasteiger partial charge in [0.2, 0.25) is 0 Å². The Bertz CT molecular complexity index is 504. The zero-order valence-corrected chi connectivity index (χ0v) is 13.5. The van der Waals surface area contributed by atoms with Crippen molar-refractivity contribution in [1.82, 2.24) is 5.32 Å². The fourth-order valence-corrected chi connectivity index (χ4v) is 2.83. The van der Waals surface area contributed by atoms with Gasteiger partial charge in [-0.25, -0.2) is 0 Å². The fraction of sp³-hybridized carbons (Fsp3) is 0.333. The quantitative estimate of drug-likeness (QED) is 0.763. The molecule has 2 aromatic rings. The molecule has 20 heavy (non-hydrogen) atoms. The van der Waals surface area contributed by atoms with E-state index >= 15 is 0 Å². The molecular weight excluding hydrogens is 338 g/mol. The van der Waals surface area contributed by atoms with Gasteiger partial charge in [-0.3, -0.25) is 0 Å². The third kappa shape index (κ3) is 5.34. The lowest BCUT2D eigenvalue weighted by Crippen LogP contribution is -2.30. The van der Waals surface area contributed by atoms with Gasteiger partial charge in [0.05, 0.1) is 19.3 Å². The minimum Gasteiger partial charge on any atom is -0.389 e. The van der Waals surface area contributed by atoms with Crippen LogP contribution in [0.5, 0.6) is 0 Å². The number of rotatable bonds is 8. The van der Waals surface area contributed by atoms with Gasteiger partial charge in [-0.1, -0.05) is 40.2 Å². The average molecular weight is 356 g/mol. The topological polar surface area (TPSA) is 41.5 Å². The number of aliphatic hydroxyl groups excluding tert-OH is 1. The Hall–Kier alpha value is -0.720. The van der Waals surface area contributed by atoms with Crippen LogP contribution >= 0.6 is 27.3 Å². The maximum atomic E-state index is 9.83. The number of thiophene rings is 1. The van der Waals surface area contributed by atoms with Crippen molar-refractivity contribution < 1.29 is 9.84 Å². The van der Waals surface area contributed by atoms with E-state index in [-0.39, 0.29) is 0 Å². The first-order valence-corrected chi connectivity index (χ1v) is 8.15. The van der Waals surface area contributed by atoms with E-state index in [9.17, 15) is 5.11 Å². The van der Waals surface area contributed by atoms with Crippen LogP contribution in [-0.2, 0) is 17.9 Å². The van der Waals surface area contributed by atoms with Crippen molar-refractivity contribution in [2.45, 2.75) is 19.3 Å². The van der Waals surface area contributed by atoms with Crippen LogP contribution < -0.4 is 5.32 Å². The van der Waals surface area contributed by atoms with E-state index in [0.29, 0.717) is 19.8 Å². The van der Waals surface area contributed by atoms with Gasteiger partial charge < -0.3 is 15.2 Å². The van der Waals surface area contributed by atoms with Crippen LogP contribution in [0.1, 0.15) is 10.4 Å². The molecule has 0 spiro atoms. The molecule has 0 aliphatic carbocycles. The lowest BCUT2D eigenvalue weighted by molar-refractivity contribution is 0.0297. The normalized spacial score (nSPS) is 12.5. The second kappa shape index (κ2) is 8.54. The standard InChI is InChI=1S/C15H18BrNO2S/c16-15-6-2-1-4-12(15)8-17-9-13(18)10-19-11-14-5-3-7-20-14/h1-7,13,17-18H,8-11H2. The molecule has 3 nitrogen and oxygen atoms in total. The monoisotopic (exact) mass is 355 g/mol. The summed E-state index contributed by atoms with van der Waals surface area (Å²) >= 11 is 5.17. The number of aliphatic hydroxyl groups is 1. The van der Waals surface area contributed by atoms with E-state index in [1.54, 1.807) is 11.3 Å². The maximum Gasteiger partial charge on any atom is 0.0897 e. The minimum atomic E-state index is -0.488. The highest BCUT2D eigenvalue weighted by Crippen LogP contribution is 2.15. The molecule has 1 unspecified atom stereocenters. The van der Waals surface area contributed by atoms with Gasteiger partial charge >= 0.3 is 0 Å². The summed E-state index contributed by atoms with van der Waals surface area (Å²) in [5.74, 6) is 0. The molecule has 1 atom stereocenters. The summed E-state index contributed by atoms with van der Waals surface area (Å²) in [7, 11) is 0. The van der Waals surface area contributed by atoms with Gasteiger partial charge in [0.1, 0.15) is 0 Å². The Morgan fingerprint density at radius 1 is 1.25 bits per heavy atom. The summed E-state index contributed by atoms with van der Waals surface area (Å²) in [6.07, 6.45) is -0.488. The van der Waals surface area contributed by atoms with Crippen molar-refractivity contribution in [3.05, 3.63) is 56.7 Å². The molecule has 2 rings (SSSR count). The Kier molecular flexibility index (Phi) is 6.69. The first-order chi connectivity index (χ1) is 9.75. The molecule has 0 saturated heterocycles. The van der Waals surface area contributed by atoms with Gasteiger partial charge in [0, 0.05) is 22.4 Å². The number of hydrogen-bond donors (Lipinski definition) is 2. The summed E-state index contributed by atoms with van der Waals surface area (Å²) in [6.45, 7) is 2.16. The molecular formula is C15H18BrNO2S. The van der Waals surface area contributed by atoms with Crippen LogP contribution in [-0.4, -0.2) is 24.4 Å². The second-order valence-corrected chi connectivity index (χ2v) is 6.36. The van der Waals surface area contributed by atoms with Crippen molar-refractivity contribution in [1.29, 1.82) is 0 Å². The van der Waals surface area contributed by atoms with Crippen molar-refractivity contribution in [3.63, 3.8) is 0 Å². The number of benzene rings is 1. The third-order valence-electron chi connectivity index (χ3n) is 2.79. The number of ether oxygens (including phenoxy) is 1. The minimum absolute atomic E-state index is 0.348. The Morgan fingerprint density at radius 3 is 2.85 bits per heavy atom. The van der Waals surface area contributed by atoms with Gasteiger partial charge in [-0.15, -0.1) is 11.3 Å². The smallest absolute Gasteiger partial charge is 0.0897 e. The molecule has 0 radical (unpaired) electrons. The van der Waals surface area contributed by atoms with E-state index < -0.39 is 6.10 Å². The Morgan fingerprint density at radius 2 is 2.10 bits per heavy atom. The molecule has 1 aromatic carbocycles. The van der Waals surface area contributed by atoms with Gasteiger partial charge in [-0.2, -0.15) is 0 Å². The van der Waals surface area contributed by atoms with Crippen LogP contribution in [0, 0.1) is 0 Å². The predicted molar refractivity (Wildman–Crippen MR) is 85.8 cm³/mol. The van der Waals surface area contributed by atoms with Crippen molar-refractivity contribution in [3.8, 4) is 0 Å². The molecule has 0 fully saturated rings. The lowest BCUT2D eigenvalue weighted by atomic mass is 10.2. The molecule has 1 aromatic heterocycles. The van der Waals surface area contributed by atoms with E-state index in [2.05, 4.69) is 27.3 Å². The molecule has 0 bridgehead atoms. The molecule has 0 aliphatic heterocycles. The van der Waals surface area contributed by atoms with Crippen molar-refractivity contribution >= 4 is 27.3 Å². The fourth-order valence-electron chi connectivity index (χ4n) is 1.76. The zero-order chi connectivity index (χ0) is 14.2. The highest BCUT2D eigenvalue weighted by molar-refractivity contribution is 9.10. The van der Waals surface area contributed by atoms with Crippen LogP contribution in [0.2, 0.25) is 0 Å². The highest BCUT2D eigenvalue weighted by atomic mass is 79.9. The summed E-state index contributed by atoms with van der Waals surface area (Å²) in [5, 5.41) is 15.1. The predicted octanol–water partition coefficient (Wildman–Crippen LogP) is 3.18. The Labute approximate surface area is 131 Å². The van der Waals surface area contributed by atoms with Crippen LogP contribution in [0.25, 0.3) is 0 Å². The second-order valence-electron chi connectivity index (χ2n) is 4.47. The molecule has 1 heterocycles. The van der Waals surface area contributed by atoms with Gasteiger partial charge in [-0.05, 0) is 23.1 Å². The van der Waals surface area contributed by atoms with Crippen molar-refractivity contribution in [2.24, 2.45) is 0 Å². The zero-order valence-electron chi connectivity index (χ0n) is 11.1. The third-order valence-corrected chi connectivity index (χ3v) is 4.41. The highest BCUT2D eigenvalue weighted by Gasteiger charge is 2.05. The summed E-state index contributed by atoms with van der Waals surface area (Å²) < 4.78 is 6.56. The molecule has 108 valence electrons. The van der Waals surface area contributed by atoms with E-state index in [1.807, 2.05) is 35.7 Å². The summed E-state index contributed by atoms with van der Waals surface area (Å²) in [4.78, 5) is 1.18. The number of hydrogen-bond acceptors (Lipinski definition) is 4. The van der Waals surface area contributed by atoms with Gasteiger partial charge in [0.15, 0.2) is 0 Å². The molecule has 2 N–H and O–H groups in total. The van der Waals surface area contributed by atoms with Crippen LogP contribution in [0.4, 0.5) is 0 Å². The molecule has 0 aliphatic rings. The summed E-state index contributed by atoms with van der Waals surface area (Å²) in [6, 6.07) is 12.1. The lowest BCUT2D eigenvalue weighted by Gasteiger charge is -2.12. The van der Waals surface area contributed by atoms with Crippen LogP contribution in [0.15, 0.2) is 46.3 Å². The van der Waals surface area contributed by atoms with Crippen molar-refractivity contribution in [2.75, 3.05) is 13.2 Å². The SMILES string of the molecule is OC(CNCc1ccccc1Br)COCc1cccs1. The largest absolute Gasteiger partial charge is 0.389 e. The van der Waals surface area contributed by atoms with E-state index in [0.717, 1.165) is 11.0 Å². The molecule has 5 heteroatoms.